The molecule has 0 saturated heterocycles. The Bertz CT molecular complexity index is 2770. The number of benzene rings is 9. The molecule has 50 heavy (non-hydrogen) atoms. The number of aromatic nitrogens is 1. The van der Waals surface area contributed by atoms with E-state index in [9.17, 15) is 0 Å². The highest BCUT2D eigenvalue weighted by atomic mass is 15.1. The summed E-state index contributed by atoms with van der Waals surface area (Å²) in [5.41, 5.74) is 11.9. The molecule has 1 heterocycles. The molecule has 10 aromatic rings. The SMILES string of the molecule is c1ccc(N(c2ccc(-c3ccc(-c4cc5ccc6cccc7c6c5c(c4)n7-c4ccccc4)cc3)cc2)c2cccc3ccccc23)cc1. The van der Waals surface area contributed by atoms with Gasteiger partial charge in [0, 0.05) is 33.2 Å². The monoisotopic (exact) mass is 636 g/mol. The molecule has 0 spiro atoms. The Balaban J connectivity index is 1.03. The van der Waals surface area contributed by atoms with Crippen molar-refractivity contribution < 1.29 is 0 Å². The molecule has 0 bridgehead atoms. The summed E-state index contributed by atoms with van der Waals surface area (Å²) >= 11 is 0. The Morgan fingerprint density at radius 3 is 1.68 bits per heavy atom. The van der Waals surface area contributed by atoms with Crippen LogP contribution in [0.15, 0.2) is 194 Å². The van der Waals surface area contributed by atoms with Gasteiger partial charge in [0.05, 0.1) is 16.7 Å². The maximum atomic E-state index is 2.42. The third kappa shape index (κ3) is 4.57. The van der Waals surface area contributed by atoms with Crippen LogP contribution in [0.25, 0.3) is 71.3 Å². The lowest BCUT2D eigenvalue weighted by Crippen LogP contribution is -2.10. The van der Waals surface area contributed by atoms with Crippen LogP contribution in [0, 0.1) is 0 Å². The van der Waals surface area contributed by atoms with Gasteiger partial charge in [0.2, 0.25) is 0 Å². The van der Waals surface area contributed by atoms with Crippen molar-refractivity contribution in [2.45, 2.75) is 0 Å². The predicted octanol–water partition coefficient (Wildman–Crippen LogP) is 13.3. The number of hydrogen-bond donors (Lipinski definition) is 0. The normalized spacial score (nSPS) is 11.6. The molecule has 2 nitrogen and oxygen atoms in total. The van der Waals surface area contributed by atoms with Gasteiger partial charge >= 0.3 is 0 Å². The second-order valence-electron chi connectivity index (χ2n) is 13.0. The molecule has 0 aliphatic heterocycles. The molecule has 1 aromatic heterocycles. The number of nitrogens with zero attached hydrogens (tertiary/aromatic N) is 2. The molecule has 2 heteroatoms. The summed E-state index contributed by atoms with van der Waals surface area (Å²) in [5, 5.41) is 7.67. The number of para-hydroxylation sites is 2. The molecule has 0 fully saturated rings. The average molecular weight is 637 g/mol. The first-order valence-corrected chi connectivity index (χ1v) is 17.2. The van der Waals surface area contributed by atoms with Gasteiger partial charge in [0.15, 0.2) is 0 Å². The molecule has 0 saturated carbocycles. The first-order valence-electron chi connectivity index (χ1n) is 17.2. The van der Waals surface area contributed by atoms with E-state index in [1.165, 1.54) is 77.0 Å². The minimum absolute atomic E-state index is 1.13. The Kier molecular flexibility index (Phi) is 6.53. The first kappa shape index (κ1) is 28.4. The van der Waals surface area contributed by atoms with Crippen LogP contribution in [0.1, 0.15) is 0 Å². The van der Waals surface area contributed by atoms with Crippen LogP contribution in [0.4, 0.5) is 17.1 Å². The Morgan fingerprint density at radius 1 is 0.340 bits per heavy atom. The zero-order valence-electron chi connectivity index (χ0n) is 27.4. The van der Waals surface area contributed by atoms with Crippen LogP contribution in [0.2, 0.25) is 0 Å². The summed E-state index contributed by atoms with van der Waals surface area (Å²) in [7, 11) is 0. The molecule has 234 valence electrons. The quantitative estimate of drug-likeness (QED) is 0.165. The maximum absolute atomic E-state index is 2.42. The molecule has 0 unspecified atom stereocenters. The number of anilines is 3. The van der Waals surface area contributed by atoms with Crippen LogP contribution in [0.3, 0.4) is 0 Å². The topological polar surface area (TPSA) is 8.17 Å². The van der Waals surface area contributed by atoms with Gasteiger partial charge in [-0.25, -0.2) is 0 Å². The van der Waals surface area contributed by atoms with Crippen molar-refractivity contribution in [3.63, 3.8) is 0 Å². The minimum Gasteiger partial charge on any atom is -0.310 e. The van der Waals surface area contributed by atoms with Crippen LogP contribution < -0.4 is 4.90 Å². The van der Waals surface area contributed by atoms with E-state index in [2.05, 4.69) is 204 Å². The van der Waals surface area contributed by atoms with Gasteiger partial charge in [-0.2, -0.15) is 0 Å². The lowest BCUT2D eigenvalue weighted by molar-refractivity contribution is 1.18. The minimum atomic E-state index is 1.13. The van der Waals surface area contributed by atoms with Crippen LogP contribution in [0.5, 0.6) is 0 Å². The van der Waals surface area contributed by atoms with E-state index in [4.69, 9.17) is 0 Å². The van der Waals surface area contributed by atoms with Crippen LogP contribution >= 0.6 is 0 Å². The lowest BCUT2D eigenvalue weighted by Gasteiger charge is -2.27. The van der Waals surface area contributed by atoms with Gasteiger partial charge in [0.1, 0.15) is 0 Å². The van der Waals surface area contributed by atoms with Crippen LogP contribution in [-0.2, 0) is 0 Å². The molecular formula is C48H32N2. The van der Waals surface area contributed by atoms with Crippen molar-refractivity contribution >= 4 is 60.4 Å². The van der Waals surface area contributed by atoms with Gasteiger partial charge in [-0.15, -0.1) is 0 Å². The lowest BCUT2D eigenvalue weighted by atomic mass is 9.96. The third-order valence-corrected chi connectivity index (χ3v) is 10.1. The number of fused-ring (bicyclic) bond motifs is 1. The fraction of sp³-hybridized carbons (Fsp3) is 0. The Morgan fingerprint density at radius 2 is 0.900 bits per heavy atom. The first-order chi connectivity index (χ1) is 24.8. The smallest absolute Gasteiger partial charge is 0.0553 e. The summed E-state index contributed by atoms with van der Waals surface area (Å²) < 4.78 is 2.42. The summed E-state index contributed by atoms with van der Waals surface area (Å²) in [6.07, 6.45) is 0. The molecule has 0 aliphatic rings. The van der Waals surface area contributed by atoms with Crippen molar-refractivity contribution in [2.75, 3.05) is 4.90 Å². The molecule has 0 aliphatic carbocycles. The van der Waals surface area contributed by atoms with Gasteiger partial charge in [-0.05, 0) is 99.1 Å². The summed E-state index contributed by atoms with van der Waals surface area (Å²) in [6.45, 7) is 0. The van der Waals surface area contributed by atoms with E-state index < -0.39 is 0 Å². The summed E-state index contributed by atoms with van der Waals surface area (Å²) in [4.78, 5) is 2.35. The maximum Gasteiger partial charge on any atom is 0.0553 e. The average Bonchev–Trinajstić information content (AvgIpc) is 3.53. The van der Waals surface area contributed by atoms with E-state index in [0.717, 1.165) is 11.4 Å². The van der Waals surface area contributed by atoms with Crippen molar-refractivity contribution in [1.82, 2.24) is 4.57 Å². The second kappa shape index (κ2) is 11.5. The van der Waals surface area contributed by atoms with Crippen LogP contribution in [-0.4, -0.2) is 4.57 Å². The number of rotatable bonds is 6. The highest BCUT2D eigenvalue weighted by molar-refractivity contribution is 6.25. The molecule has 9 aromatic carbocycles. The van der Waals surface area contributed by atoms with E-state index in [1.807, 2.05) is 0 Å². The molecule has 0 radical (unpaired) electrons. The zero-order chi connectivity index (χ0) is 33.0. The fourth-order valence-electron chi connectivity index (χ4n) is 7.78. The third-order valence-electron chi connectivity index (χ3n) is 10.1. The molecular weight excluding hydrogens is 605 g/mol. The predicted molar refractivity (Wildman–Crippen MR) is 213 cm³/mol. The zero-order valence-corrected chi connectivity index (χ0v) is 27.4. The van der Waals surface area contributed by atoms with Gasteiger partial charge in [-0.3, -0.25) is 0 Å². The van der Waals surface area contributed by atoms with Crippen molar-refractivity contribution in [1.29, 1.82) is 0 Å². The highest BCUT2D eigenvalue weighted by Gasteiger charge is 2.18. The fourth-order valence-corrected chi connectivity index (χ4v) is 7.78. The van der Waals surface area contributed by atoms with Crippen molar-refractivity contribution in [3.8, 4) is 27.9 Å². The second-order valence-corrected chi connectivity index (χ2v) is 13.0. The summed E-state index contributed by atoms with van der Waals surface area (Å²) in [6, 6.07) is 70.3. The van der Waals surface area contributed by atoms with Gasteiger partial charge < -0.3 is 9.47 Å². The largest absolute Gasteiger partial charge is 0.310 e. The standard InChI is InChI=1S/C48H32N2/c1-3-14-40(15-4-1)49(44-19-9-12-36-11-7-8-18-43(36)44)42-29-27-34(28-30-42)33-21-23-35(24-22-33)39-31-38-26-25-37-13-10-20-45-47(37)48(38)46(32-39)50(45)41-16-5-2-6-17-41/h1-32H. The van der Waals surface area contributed by atoms with Crippen molar-refractivity contribution in [2.24, 2.45) is 0 Å². The molecule has 0 amide bonds. The van der Waals surface area contributed by atoms with E-state index in [-0.39, 0.29) is 0 Å². The molecule has 0 atom stereocenters. The van der Waals surface area contributed by atoms with Gasteiger partial charge in [-0.1, -0.05) is 133 Å². The Hall–Kier alpha value is -6.64. The van der Waals surface area contributed by atoms with E-state index in [1.54, 1.807) is 0 Å². The Labute approximate surface area is 291 Å². The molecule has 0 N–H and O–H groups in total. The summed E-state index contributed by atoms with van der Waals surface area (Å²) in [5.74, 6) is 0. The van der Waals surface area contributed by atoms with E-state index >= 15 is 0 Å². The van der Waals surface area contributed by atoms with E-state index in [0.29, 0.717) is 0 Å². The van der Waals surface area contributed by atoms with Crippen molar-refractivity contribution in [3.05, 3.63) is 194 Å². The molecule has 10 rings (SSSR count). The van der Waals surface area contributed by atoms with Gasteiger partial charge in [0.25, 0.3) is 0 Å². The number of hydrogen-bond acceptors (Lipinski definition) is 1. The highest BCUT2D eigenvalue weighted by Crippen LogP contribution is 2.42.